The van der Waals surface area contributed by atoms with Crippen LogP contribution in [0.5, 0.6) is 0 Å². The summed E-state index contributed by atoms with van der Waals surface area (Å²) in [5.74, 6) is -0.643. The van der Waals surface area contributed by atoms with Gasteiger partial charge in [-0.1, -0.05) is 41.5 Å². The van der Waals surface area contributed by atoms with E-state index in [1.54, 1.807) is 35.6 Å². The fourth-order valence-corrected chi connectivity index (χ4v) is 4.35. The minimum atomic E-state index is -0.322. The number of carbonyl (C=O) groups is 2. The highest BCUT2D eigenvalue weighted by Crippen LogP contribution is 2.34. The zero-order valence-electron chi connectivity index (χ0n) is 18.2. The Morgan fingerprint density at radius 1 is 0.688 bits per heavy atom. The molecule has 4 rings (SSSR count). The number of hydrogen-bond acceptors (Lipinski definition) is 3. The van der Waals surface area contributed by atoms with Crippen LogP contribution >= 0.6 is 11.3 Å². The molecule has 0 saturated carbocycles. The Morgan fingerprint density at radius 3 is 1.94 bits per heavy atom. The summed E-state index contributed by atoms with van der Waals surface area (Å²) in [4.78, 5) is 28.4. The van der Waals surface area contributed by atoms with Crippen LogP contribution in [0.15, 0.2) is 78.9 Å². The average molecular weight is 441 g/mol. The number of aryl methyl sites for hydroxylation is 3. The zero-order valence-corrected chi connectivity index (χ0v) is 19.0. The summed E-state index contributed by atoms with van der Waals surface area (Å²) in [7, 11) is 0. The van der Waals surface area contributed by atoms with Gasteiger partial charge in [0.2, 0.25) is 0 Å². The molecule has 160 valence electrons. The van der Waals surface area contributed by atoms with E-state index < -0.39 is 0 Å². The summed E-state index contributed by atoms with van der Waals surface area (Å²) in [6.45, 7) is 6.08. The Hall–Kier alpha value is -3.70. The quantitative estimate of drug-likeness (QED) is 0.357. The Morgan fingerprint density at radius 2 is 1.31 bits per heavy atom. The first-order valence-corrected chi connectivity index (χ1v) is 11.2. The van der Waals surface area contributed by atoms with Crippen molar-refractivity contribution in [1.82, 2.24) is 0 Å². The third kappa shape index (κ3) is 4.79. The molecule has 32 heavy (non-hydrogen) atoms. The zero-order chi connectivity index (χ0) is 22.7. The molecule has 0 aliphatic rings. The van der Waals surface area contributed by atoms with Crippen LogP contribution in [0.2, 0.25) is 0 Å². The van der Waals surface area contributed by atoms with Crippen LogP contribution in [-0.4, -0.2) is 11.8 Å². The first kappa shape index (κ1) is 21.5. The molecule has 3 aromatic carbocycles. The summed E-state index contributed by atoms with van der Waals surface area (Å²) < 4.78 is 0. The number of carbonyl (C=O) groups excluding carboxylic acids is 2. The highest BCUT2D eigenvalue weighted by molar-refractivity contribution is 7.15. The van der Waals surface area contributed by atoms with Crippen LogP contribution in [0.1, 0.15) is 36.7 Å². The normalized spacial score (nSPS) is 10.6. The van der Waals surface area contributed by atoms with E-state index in [1.165, 1.54) is 4.88 Å². The highest BCUT2D eigenvalue weighted by Gasteiger charge is 2.18. The summed E-state index contributed by atoms with van der Waals surface area (Å²) in [6.07, 6.45) is 0. The molecule has 1 aromatic heterocycles. The maximum absolute atomic E-state index is 13.2. The third-order valence-corrected chi connectivity index (χ3v) is 6.19. The molecular formula is C27H24N2O2S. The van der Waals surface area contributed by atoms with Gasteiger partial charge in [-0.2, -0.15) is 0 Å². The fourth-order valence-electron chi connectivity index (χ4n) is 3.45. The van der Waals surface area contributed by atoms with Gasteiger partial charge in [0.25, 0.3) is 11.8 Å². The van der Waals surface area contributed by atoms with Gasteiger partial charge in [0.15, 0.2) is 0 Å². The molecule has 0 aliphatic carbocycles. The Kier molecular flexibility index (Phi) is 6.19. The number of nitrogens with one attached hydrogen (secondary N) is 2. The van der Waals surface area contributed by atoms with E-state index in [-0.39, 0.29) is 11.8 Å². The predicted octanol–water partition coefficient (Wildman–Crippen LogP) is 6.84. The minimum absolute atomic E-state index is 0.321. The van der Waals surface area contributed by atoms with Crippen molar-refractivity contribution in [2.75, 3.05) is 10.6 Å². The van der Waals surface area contributed by atoms with Crippen LogP contribution in [0.3, 0.4) is 0 Å². The highest BCUT2D eigenvalue weighted by atomic mass is 32.1. The molecule has 1 heterocycles. The first-order valence-electron chi connectivity index (χ1n) is 10.4. The maximum Gasteiger partial charge on any atom is 0.256 e. The van der Waals surface area contributed by atoms with Gasteiger partial charge in [-0.15, -0.1) is 11.3 Å². The number of amides is 2. The van der Waals surface area contributed by atoms with Gasteiger partial charge in [-0.25, -0.2) is 0 Å². The number of hydrogen-bond donors (Lipinski definition) is 2. The predicted molar refractivity (Wildman–Crippen MR) is 133 cm³/mol. The largest absolute Gasteiger partial charge is 0.322 e. The number of thiophene rings is 1. The molecule has 0 bridgehead atoms. The van der Waals surface area contributed by atoms with Gasteiger partial charge in [-0.05, 0) is 69.3 Å². The monoisotopic (exact) mass is 440 g/mol. The SMILES string of the molecule is Cc1ccc(NC(=O)c2ccccc2C(=O)Nc2ccc(C)cc2-c2ccc(C)s2)cc1. The van der Waals surface area contributed by atoms with E-state index in [0.717, 1.165) is 27.3 Å². The van der Waals surface area contributed by atoms with Gasteiger partial charge in [0, 0.05) is 26.7 Å². The van der Waals surface area contributed by atoms with E-state index in [1.807, 2.05) is 50.2 Å². The number of anilines is 2. The van der Waals surface area contributed by atoms with E-state index in [0.29, 0.717) is 16.8 Å². The summed E-state index contributed by atoms with van der Waals surface area (Å²) >= 11 is 1.68. The lowest BCUT2D eigenvalue weighted by Gasteiger charge is -2.14. The van der Waals surface area contributed by atoms with Gasteiger partial charge in [0.1, 0.15) is 0 Å². The van der Waals surface area contributed by atoms with E-state index in [9.17, 15) is 9.59 Å². The van der Waals surface area contributed by atoms with Crippen LogP contribution in [-0.2, 0) is 0 Å². The van der Waals surface area contributed by atoms with Crippen LogP contribution in [0, 0.1) is 20.8 Å². The van der Waals surface area contributed by atoms with Crippen LogP contribution < -0.4 is 10.6 Å². The van der Waals surface area contributed by atoms with E-state index >= 15 is 0 Å². The number of benzene rings is 3. The van der Waals surface area contributed by atoms with Gasteiger partial charge in [0.05, 0.1) is 11.1 Å². The molecule has 4 nitrogen and oxygen atoms in total. The molecule has 2 amide bonds. The maximum atomic E-state index is 13.2. The topological polar surface area (TPSA) is 58.2 Å². The van der Waals surface area contributed by atoms with Crippen molar-refractivity contribution in [3.05, 3.63) is 106 Å². The van der Waals surface area contributed by atoms with Crippen LogP contribution in [0.25, 0.3) is 10.4 Å². The molecule has 0 aliphatic heterocycles. The van der Waals surface area contributed by atoms with Crippen molar-refractivity contribution in [1.29, 1.82) is 0 Å². The van der Waals surface area contributed by atoms with E-state index in [2.05, 4.69) is 35.8 Å². The smallest absolute Gasteiger partial charge is 0.256 e. The molecule has 2 N–H and O–H groups in total. The Bertz CT molecular complexity index is 1290. The van der Waals surface area contributed by atoms with Crippen molar-refractivity contribution in [3.63, 3.8) is 0 Å². The number of rotatable bonds is 5. The third-order valence-electron chi connectivity index (χ3n) is 5.15. The fraction of sp³-hybridized carbons (Fsp3) is 0.111. The second-order valence-electron chi connectivity index (χ2n) is 7.78. The molecule has 4 aromatic rings. The molecule has 0 unspecified atom stereocenters. The average Bonchev–Trinajstić information content (AvgIpc) is 3.22. The lowest BCUT2D eigenvalue weighted by Crippen LogP contribution is -2.20. The van der Waals surface area contributed by atoms with Gasteiger partial charge in [-0.3, -0.25) is 9.59 Å². The van der Waals surface area contributed by atoms with Gasteiger partial charge < -0.3 is 10.6 Å². The lowest BCUT2D eigenvalue weighted by atomic mass is 10.0. The van der Waals surface area contributed by atoms with Crippen molar-refractivity contribution in [2.45, 2.75) is 20.8 Å². The van der Waals surface area contributed by atoms with Crippen LogP contribution in [0.4, 0.5) is 11.4 Å². The van der Waals surface area contributed by atoms with E-state index in [4.69, 9.17) is 0 Å². The van der Waals surface area contributed by atoms with Crippen molar-refractivity contribution < 1.29 is 9.59 Å². The molecule has 0 radical (unpaired) electrons. The minimum Gasteiger partial charge on any atom is -0.322 e. The van der Waals surface area contributed by atoms with Crippen molar-refractivity contribution >= 4 is 34.5 Å². The molecule has 0 saturated heterocycles. The van der Waals surface area contributed by atoms with Crippen molar-refractivity contribution in [3.8, 4) is 10.4 Å². The summed E-state index contributed by atoms with van der Waals surface area (Å²) in [6, 6.07) is 24.5. The summed E-state index contributed by atoms with van der Waals surface area (Å²) in [5.41, 5.74) is 5.25. The summed E-state index contributed by atoms with van der Waals surface area (Å²) in [5, 5.41) is 5.89. The molecular weight excluding hydrogens is 416 g/mol. The molecule has 5 heteroatoms. The molecule has 0 atom stereocenters. The molecule has 0 fully saturated rings. The second-order valence-corrected chi connectivity index (χ2v) is 9.07. The first-order chi connectivity index (χ1) is 15.4. The van der Waals surface area contributed by atoms with Gasteiger partial charge >= 0.3 is 0 Å². The standard InChI is InChI=1S/C27H24N2O2S/c1-17-8-12-20(13-9-17)28-26(30)21-6-4-5-7-22(21)27(31)29-24-14-10-18(2)16-23(24)25-15-11-19(3)32-25/h4-16H,1-3H3,(H,28,30)(H,29,31). The Labute approximate surface area is 191 Å². The Balaban J connectivity index is 1.61. The second kappa shape index (κ2) is 9.20. The van der Waals surface area contributed by atoms with Crippen molar-refractivity contribution in [2.24, 2.45) is 0 Å². The molecule has 0 spiro atoms. The lowest BCUT2D eigenvalue weighted by molar-refractivity contribution is 0.0990.